The molecule has 0 bridgehead atoms. The lowest BCUT2D eigenvalue weighted by Crippen LogP contribution is -2.30. The largest absolute Gasteiger partial charge is 0.481 e. The maximum Gasteiger partial charge on any atom is 0.307 e. The summed E-state index contributed by atoms with van der Waals surface area (Å²) in [4.78, 5) is 11.2. The first-order valence-corrected chi connectivity index (χ1v) is 7.71. The van der Waals surface area contributed by atoms with Crippen molar-refractivity contribution < 1.29 is 18.3 Å². The van der Waals surface area contributed by atoms with Gasteiger partial charge in [-0.1, -0.05) is 25.1 Å². The van der Waals surface area contributed by atoms with Crippen LogP contribution in [0.5, 0.6) is 0 Å². The number of carbonyl (C=O) groups is 1. The van der Waals surface area contributed by atoms with Crippen LogP contribution in [0, 0.1) is 5.92 Å². The Morgan fingerprint density at radius 1 is 1.42 bits per heavy atom. The van der Waals surface area contributed by atoms with E-state index in [1.165, 1.54) is 4.31 Å². The average Bonchev–Trinajstić information content (AvgIpc) is 2.89. The molecule has 1 atom stereocenters. The second-order valence-corrected chi connectivity index (χ2v) is 6.55. The standard InChI is InChI=1S/C13H17NO4S/c1-2-10-5-3-4-6-12(10)19(17,18)14-8-7-11(9-14)13(15)16/h3-6,11H,2,7-9H2,1H3,(H,15,16)/t11-/m0/s1. The number of hydrogen-bond donors (Lipinski definition) is 1. The molecule has 0 spiro atoms. The van der Waals surface area contributed by atoms with Crippen LogP contribution in [0.4, 0.5) is 0 Å². The van der Waals surface area contributed by atoms with Gasteiger partial charge in [0.25, 0.3) is 0 Å². The highest BCUT2D eigenvalue weighted by Gasteiger charge is 2.36. The van der Waals surface area contributed by atoms with E-state index < -0.39 is 21.9 Å². The number of rotatable bonds is 4. The molecule has 0 radical (unpaired) electrons. The number of sulfonamides is 1. The molecule has 5 nitrogen and oxygen atoms in total. The first-order valence-electron chi connectivity index (χ1n) is 6.27. The fourth-order valence-electron chi connectivity index (χ4n) is 2.33. The molecule has 1 aromatic carbocycles. The maximum atomic E-state index is 12.5. The lowest BCUT2D eigenvalue weighted by Gasteiger charge is -2.18. The molecule has 0 unspecified atom stereocenters. The van der Waals surface area contributed by atoms with E-state index in [2.05, 4.69) is 0 Å². The minimum absolute atomic E-state index is 0.0652. The fraction of sp³-hybridized carbons (Fsp3) is 0.462. The van der Waals surface area contributed by atoms with E-state index >= 15 is 0 Å². The van der Waals surface area contributed by atoms with Gasteiger partial charge < -0.3 is 5.11 Å². The Balaban J connectivity index is 2.31. The molecule has 1 N–H and O–H groups in total. The van der Waals surface area contributed by atoms with Crippen LogP contribution in [0.25, 0.3) is 0 Å². The third kappa shape index (κ3) is 2.64. The van der Waals surface area contributed by atoms with Crippen LogP contribution < -0.4 is 0 Å². The summed E-state index contributed by atoms with van der Waals surface area (Å²) in [5.41, 5.74) is 0.765. The van der Waals surface area contributed by atoms with E-state index in [1.807, 2.05) is 13.0 Å². The highest BCUT2D eigenvalue weighted by Crippen LogP contribution is 2.26. The second-order valence-electron chi connectivity index (χ2n) is 4.65. The third-order valence-electron chi connectivity index (χ3n) is 3.47. The van der Waals surface area contributed by atoms with Gasteiger partial charge in [0, 0.05) is 13.1 Å². The number of nitrogens with zero attached hydrogens (tertiary/aromatic N) is 1. The lowest BCUT2D eigenvalue weighted by atomic mass is 10.1. The summed E-state index contributed by atoms with van der Waals surface area (Å²) < 4.78 is 26.3. The van der Waals surface area contributed by atoms with E-state index in [9.17, 15) is 13.2 Å². The molecule has 104 valence electrons. The molecule has 6 heteroatoms. The van der Waals surface area contributed by atoms with Crippen LogP contribution in [0.15, 0.2) is 29.2 Å². The summed E-state index contributed by atoms with van der Waals surface area (Å²) in [5, 5.41) is 8.95. The highest BCUT2D eigenvalue weighted by atomic mass is 32.2. The Morgan fingerprint density at radius 3 is 2.68 bits per heavy atom. The van der Waals surface area contributed by atoms with Gasteiger partial charge in [-0.25, -0.2) is 8.42 Å². The Kier molecular flexibility index (Phi) is 3.91. The predicted molar refractivity (Wildman–Crippen MR) is 70.3 cm³/mol. The average molecular weight is 283 g/mol. The Hall–Kier alpha value is -1.40. The molecular weight excluding hydrogens is 266 g/mol. The van der Waals surface area contributed by atoms with Gasteiger partial charge in [-0.15, -0.1) is 0 Å². The van der Waals surface area contributed by atoms with Gasteiger partial charge in [0.15, 0.2) is 0 Å². The molecule has 19 heavy (non-hydrogen) atoms. The van der Waals surface area contributed by atoms with Crippen molar-refractivity contribution in [3.05, 3.63) is 29.8 Å². The minimum atomic E-state index is -3.58. The van der Waals surface area contributed by atoms with Gasteiger partial charge in [0.2, 0.25) is 10.0 Å². The topological polar surface area (TPSA) is 74.7 Å². The van der Waals surface area contributed by atoms with Crippen molar-refractivity contribution in [2.45, 2.75) is 24.7 Å². The Bertz CT molecular complexity index is 582. The van der Waals surface area contributed by atoms with Crippen LogP contribution in [-0.2, 0) is 21.2 Å². The SMILES string of the molecule is CCc1ccccc1S(=O)(=O)N1CC[C@H](C(=O)O)C1. The monoisotopic (exact) mass is 283 g/mol. The van der Waals surface area contributed by atoms with Gasteiger partial charge in [-0.2, -0.15) is 4.31 Å². The van der Waals surface area contributed by atoms with Crippen LogP contribution >= 0.6 is 0 Å². The smallest absolute Gasteiger partial charge is 0.307 e. The number of carboxylic acids is 1. The molecule has 1 saturated heterocycles. The maximum absolute atomic E-state index is 12.5. The van der Waals surface area contributed by atoms with Crippen molar-refractivity contribution in [3.63, 3.8) is 0 Å². The predicted octanol–water partition coefficient (Wildman–Crippen LogP) is 1.34. The van der Waals surface area contributed by atoms with Crippen molar-refractivity contribution in [2.24, 2.45) is 5.92 Å². The molecule has 1 aromatic rings. The number of carboxylic acid groups (broad SMARTS) is 1. The third-order valence-corrected chi connectivity index (χ3v) is 5.44. The molecule has 0 aromatic heterocycles. The molecule has 0 saturated carbocycles. The van der Waals surface area contributed by atoms with E-state index in [4.69, 9.17) is 5.11 Å². The molecule has 1 fully saturated rings. The van der Waals surface area contributed by atoms with Crippen molar-refractivity contribution in [1.29, 1.82) is 0 Å². The van der Waals surface area contributed by atoms with E-state index in [0.717, 1.165) is 5.56 Å². The summed E-state index contributed by atoms with van der Waals surface area (Å²) in [6, 6.07) is 6.87. The number of aryl methyl sites for hydroxylation is 1. The molecule has 1 aliphatic heterocycles. The summed E-state index contributed by atoms with van der Waals surface area (Å²) >= 11 is 0. The fourth-order valence-corrected chi connectivity index (χ4v) is 4.13. The lowest BCUT2D eigenvalue weighted by molar-refractivity contribution is -0.141. The van der Waals surface area contributed by atoms with Crippen LogP contribution in [-0.4, -0.2) is 36.9 Å². The summed E-state index contributed by atoms with van der Waals surface area (Å²) in [6.07, 6.45) is 1.01. The summed E-state index contributed by atoms with van der Waals surface area (Å²) in [7, 11) is -3.58. The Morgan fingerprint density at radius 2 is 2.11 bits per heavy atom. The summed E-state index contributed by atoms with van der Waals surface area (Å²) in [5.74, 6) is -1.52. The van der Waals surface area contributed by atoms with Crippen LogP contribution in [0.3, 0.4) is 0 Å². The normalized spacial score (nSPS) is 20.6. The zero-order chi connectivity index (χ0) is 14.0. The van der Waals surface area contributed by atoms with E-state index in [1.54, 1.807) is 18.2 Å². The van der Waals surface area contributed by atoms with Crippen molar-refractivity contribution in [2.75, 3.05) is 13.1 Å². The van der Waals surface area contributed by atoms with Gasteiger partial charge in [-0.05, 0) is 24.5 Å². The number of benzene rings is 1. The van der Waals surface area contributed by atoms with Crippen molar-refractivity contribution in [3.8, 4) is 0 Å². The summed E-state index contributed by atoms with van der Waals surface area (Å²) in [6.45, 7) is 2.24. The van der Waals surface area contributed by atoms with Gasteiger partial charge in [0.05, 0.1) is 10.8 Å². The van der Waals surface area contributed by atoms with Crippen LogP contribution in [0.2, 0.25) is 0 Å². The van der Waals surface area contributed by atoms with Crippen molar-refractivity contribution >= 4 is 16.0 Å². The van der Waals surface area contributed by atoms with Gasteiger partial charge in [0.1, 0.15) is 0 Å². The molecule has 0 amide bonds. The number of hydrogen-bond acceptors (Lipinski definition) is 3. The zero-order valence-electron chi connectivity index (χ0n) is 10.7. The molecular formula is C13H17NO4S. The molecule has 0 aliphatic carbocycles. The van der Waals surface area contributed by atoms with Crippen LogP contribution in [0.1, 0.15) is 18.9 Å². The zero-order valence-corrected chi connectivity index (χ0v) is 11.6. The first kappa shape index (κ1) is 14.0. The molecule has 2 rings (SSSR count). The van der Waals surface area contributed by atoms with Gasteiger partial charge in [-0.3, -0.25) is 4.79 Å². The van der Waals surface area contributed by atoms with E-state index in [0.29, 0.717) is 17.7 Å². The quantitative estimate of drug-likeness (QED) is 0.905. The van der Waals surface area contributed by atoms with Crippen molar-refractivity contribution in [1.82, 2.24) is 4.31 Å². The first-order chi connectivity index (χ1) is 8.96. The Labute approximate surface area is 112 Å². The van der Waals surface area contributed by atoms with Gasteiger partial charge >= 0.3 is 5.97 Å². The second kappa shape index (κ2) is 5.30. The molecule has 1 aliphatic rings. The number of aliphatic carboxylic acids is 1. The minimum Gasteiger partial charge on any atom is -0.481 e. The molecule has 1 heterocycles. The van der Waals surface area contributed by atoms with E-state index in [-0.39, 0.29) is 13.1 Å². The highest BCUT2D eigenvalue weighted by molar-refractivity contribution is 7.89.